The standard InChI is InChI=1S/C18H19F3N2O2.ClH/c1-2-14(11-23-17(24)12-6-5-7-13(22)10-12)25-16-9-4-3-8-15(16)18(19,20)21;/h3-10,14H,2,11,22H2,1H3,(H,23,24);1H. The molecule has 2 aromatic rings. The lowest BCUT2D eigenvalue weighted by molar-refractivity contribution is -0.139. The third kappa shape index (κ3) is 5.84. The normalized spacial score (nSPS) is 12.0. The van der Waals surface area contributed by atoms with Gasteiger partial charge in [0.2, 0.25) is 0 Å². The first-order valence-electron chi connectivity index (χ1n) is 7.78. The average Bonchev–Trinajstić information content (AvgIpc) is 2.57. The largest absolute Gasteiger partial charge is 0.488 e. The summed E-state index contributed by atoms with van der Waals surface area (Å²) in [5, 5.41) is 2.65. The van der Waals surface area contributed by atoms with Gasteiger partial charge in [0, 0.05) is 11.3 Å². The maximum atomic E-state index is 13.0. The lowest BCUT2D eigenvalue weighted by atomic mass is 10.1. The number of ether oxygens (including phenoxy) is 1. The minimum atomic E-state index is -4.50. The van der Waals surface area contributed by atoms with E-state index in [2.05, 4.69) is 5.32 Å². The molecule has 0 aliphatic carbocycles. The summed E-state index contributed by atoms with van der Waals surface area (Å²) < 4.78 is 44.5. The van der Waals surface area contributed by atoms with Crippen LogP contribution in [0.2, 0.25) is 0 Å². The molecule has 0 saturated carbocycles. The maximum absolute atomic E-state index is 13.0. The first-order chi connectivity index (χ1) is 11.8. The molecular formula is C18H20ClF3N2O2. The van der Waals surface area contributed by atoms with Gasteiger partial charge in [-0.05, 0) is 36.8 Å². The van der Waals surface area contributed by atoms with Gasteiger partial charge in [0.1, 0.15) is 11.9 Å². The van der Waals surface area contributed by atoms with E-state index in [-0.39, 0.29) is 30.6 Å². The van der Waals surface area contributed by atoms with E-state index in [4.69, 9.17) is 10.5 Å². The van der Waals surface area contributed by atoms with Gasteiger partial charge < -0.3 is 15.8 Å². The Morgan fingerprint density at radius 3 is 2.50 bits per heavy atom. The van der Waals surface area contributed by atoms with Crippen LogP contribution in [0.3, 0.4) is 0 Å². The van der Waals surface area contributed by atoms with E-state index >= 15 is 0 Å². The van der Waals surface area contributed by atoms with Gasteiger partial charge in [-0.25, -0.2) is 0 Å². The second-order valence-corrected chi connectivity index (χ2v) is 5.48. The molecule has 3 N–H and O–H groups in total. The first kappa shape index (κ1) is 21.6. The van der Waals surface area contributed by atoms with Crippen LogP contribution in [0, 0.1) is 0 Å². The zero-order valence-electron chi connectivity index (χ0n) is 14.0. The van der Waals surface area contributed by atoms with Crippen molar-refractivity contribution in [2.45, 2.75) is 25.6 Å². The van der Waals surface area contributed by atoms with E-state index < -0.39 is 17.8 Å². The Morgan fingerprint density at radius 2 is 1.88 bits per heavy atom. The molecule has 0 radical (unpaired) electrons. The van der Waals surface area contributed by atoms with Crippen molar-refractivity contribution in [3.8, 4) is 5.75 Å². The van der Waals surface area contributed by atoms with Crippen LogP contribution in [-0.2, 0) is 6.18 Å². The second-order valence-electron chi connectivity index (χ2n) is 5.48. The lowest BCUT2D eigenvalue weighted by Gasteiger charge is -2.21. The summed E-state index contributed by atoms with van der Waals surface area (Å²) in [5.41, 5.74) is 5.62. The van der Waals surface area contributed by atoms with Gasteiger partial charge in [-0.15, -0.1) is 12.4 Å². The number of hydrogen-bond acceptors (Lipinski definition) is 3. The lowest BCUT2D eigenvalue weighted by Crippen LogP contribution is -2.35. The van der Waals surface area contributed by atoms with E-state index in [0.717, 1.165) is 6.07 Å². The van der Waals surface area contributed by atoms with Crippen molar-refractivity contribution in [1.82, 2.24) is 5.32 Å². The number of nitrogens with two attached hydrogens (primary N) is 1. The molecule has 26 heavy (non-hydrogen) atoms. The Balaban J connectivity index is 0.00000338. The van der Waals surface area contributed by atoms with Gasteiger partial charge in [0.05, 0.1) is 12.1 Å². The summed E-state index contributed by atoms with van der Waals surface area (Å²) >= 11 is 0. The van der Waals surface area contributed by atoms with Gasteiger partial charge in [0.25, 0.3) is 5.91 Å². The SMILES string of the molecule is CCC(CNC(=O)c1cccc(N)c1)Oc1ccccc1C(F)(F)F.Cl. The summed E-state index contributed by atoms with van der Waals surface area (Å²) in [4.78, 5) is 12.1. The van der Waals surface area contributed by atoms with Gasteiger partial charge in [-0.1, -0.05) is 25.1 Å². The van der Waals surface area contributed by atoms with E-state index in [0.29, 0.717) is 17.7 Å². The Kier molecular flexibility index (Phi) is 7.76. The number of anilines is 1. The highest BCUT2D eigenvalue weighted by molar-refractivity contribution is 5.94. The zero-order chi connectivity index (χ0) is 18.4. The third-order valence-electron chi connectivity index (χ3n) is 3.58. The monoisotopic (exact) mass is 388 g/mol. The van der Waals surface area contributed by atoms with Crippen molar-refractivity contribution in [2.75, 3.05) is 12.3 Å². The molecule has 0 aliphatic rings. The number of para-hydroxylation sites is 1. The van der Waals surface area contributed by atoms with E-state index in [9.17, 15) is 18.0 Å². The quantitative estimate of drug-likeness (QED) is 0.725. The number of carbonyl (C=O) groups excluding carboxylic acids is 1. The number of amides is 1. The van der Waals surface area contributed by atoms with E-state index in [1.165, 1.54) is 24.3 Å². The van der Waals surface area contributed by atoms with Crippen molar-refractivity contribution >= 4 is 24.0 Å². The highest BCUT2D eigenvalue weighted by Crippen LogP contribution is 2.36. The average molecular weight is 389 g/mol. The highest BCUT2D eigenvalue weighted by Gasteiger charge is 2.34. The van der Waals surface area contributed by atoms with Crippen LogP contribution in [-0.4, -0.2) is 18.6 Å². The van der Waals surface area contributed by atoms with E-state index in [1.54, 1.807) is 25.1 Å². The molecule has 0 aliphatic heterocycles. The molecule has 4 nitrogen and oxygen atoms in total. The number of halogens is 4. The van der Waals surface area contributed by atoms with Crippen molar-refractivity contribution in [3.63, 3.8) is 0 Å². The number of hydrogen-bond donors (Lipinski definition) is 2. The third-order valence-corrected chi connectivity index (χ3v) is 3.58. The summed E-state index contributed by atoms with van der Waals surface area (Å²) in [6.07, 6.45) is -4.66. The molecular weight excluding hydrogens is 369 g/mol. The van der Waals surface area contributed by atoms with Crippen LogP contribution in [0.5, 0.6) is 5.75 Å². The Morgan fingerprint density at radius 1 is 1.19 bits per heavy atom. The number of nitrogen functional groups attached to an aromatic ring is 1. The topological polar surface area (TPSA) is 64.4 Å². The number of benzene rings is 2. The smallest absolute Gasteiger partial charge is 0.419 e. The molecule has 1 atom stereocenters. The van der Waals surface area contributed by atoms with Crippen molar-refractivity contribution < 1.29 is 22.7 Å². The van der Waals surface area contributed by atoms with Gasteiger partial charge in [0.15, 0.2) is 0 Å². The predicted octanol–water partition coefficient (Wildman–Crippen LogP) is 4.30. The molecule has 0 bridgehead atoms. The van der Waals surface area contributed by atoms with Crippen LogP contribution >= 0.6 is 12.4 Å². The van der Waals surface area contributed by atoms with Crippen molar-refractivity contribution in [3.05, 3.63) is 59.7 Å². The summed E-state index contributed by atoms with van der Waals surface area (Å²) in [6.45, 7) is 1.85. The fourth-order valence-corrected chi connectivity index (χ4v) is 2.24. The fourth-order valence-electron chi connectivity index (χ4n) is 2.24. The van der Waals surface area contributed by atoms with Crippen LogP contribution in [0.1, 0.15) is 29.3 Å². The molecule has 0 heterocycles. The van der Waals surface area contributed by atoms with Gasteiger partial charge in [-0.2, -0.15) is 13.2 Å². The minimum Gasteiger partial charge on any atom is -0.488 e. The number of rotatable bonds is 6. The number of carbonyl (C=O) groups is 1. The molecule has 0 saturated heterocycles. The molecule has 0 spiro atoms. The molecule has 2 aromatic carbocycles. The van der Waals surface area contributed by atoms with Crippen LogP contribution < -0.4 is 15.8 Å². The molecule has 2 rings (SSSR count). The molecule has 1 unspecified atom stereocenters. The molecule has 8 heteroatoms. The van der Waals surface area contributed by atoms with Crippen molar-refractivity contribution in [1.29, 1.82) is 0 Å². The van der Waals surface area contributed by atoms with Crippen LogP contribution in [0.4, 0.5) is 18.9 Å². The Labute approximate surface area is 155 Å². The Hall–Kier alpha value is -2.41. The van der Waals surface area contributed by atoms with Crippen LogP contribution in [0.25, 0.3) is 0 Å². The molecule has 0 fully saturated rings. The summed E-state index contributed by atoms with van der Waals surface area (Å²) in [6, 6.07) is 11.4. The van der Waals surface area contributed by atoms with Gasteiger partial charge in [-0.3, -0.25) is 4.79 Å². The molecule has 142 valence electrons. The molecule has 1 amide bonds. The number of alkyl halides is 3. The first-order valence-corrected chi connectivity index (χ1v) is 7.78. The fraction of sp³-hybridized carbons (Fsp3) is 0.278. The predicted molar refractivity (Wildman–Crippen MR) is 96.6 cm³/mol. The Bertz CT molecular complexity index is 738. The van der Waals surface area contributed by atoms with Gasteiger partial charge >= 0.3 is 6.18 Å². The summed E-state index contributed by atoms with van der Waals surface area (Å²) in [5.74, 6) is -0.612. The summed E-state index contributed by atoms with van der Waals surface area (Å²) in [7, 11) is 0. The second kappa shape index (κ2) is 9.33. The number of nitrogens with one attached hydrogen (secondary N) is 1. The van der Waals surface area contributed by atoms with E-state index in [1.807, 2.05) is 0 Å². The highest BCUT2D eigenvalue weighted by atomic mass is 35.5. The maximum Gasteiger partial charge on any atom is 0.419 e. The van der Waals surface area contributed by atoms with Crippen molar-refractivity contribution in [2.24, 2.45) is 0 Å². The van der Waals surface area contributed by atoms with Crippen LogP contribution in [0.15, 0.2) is 48.5 Å². The zero-order valence-corrected chi connectivity index (χ0v) is 14.9. The minimum absolute atomic E-state index is 0. The molecule has 0 aromatic heterocycles.